The molecule has 0 saturated heterocycles. The average molecular weight is 285 g/mol. The second-order valence-electron chi connectivity index (χ2n) is 5.56. The first kappa shape index (κ1) is 14.0. The maximum absolute atomic E-state index is 13.0. The molecule has 110 valence electrons. The summed E-state index contributed by atoms with van der Waals surface area (Å²) in [4.78, 5) is 6.57. The standard InChI is InChI=1S/C17H20FN3/c1-12(16-7-6-14(18)10-20-16)21-11-13(8-9-19)15-4-2-3-5-17(15)21/h2-7,10,12-13H,8-9,11,19H2,1H3. The fraction of sp³-hybridized carbons (Fsp3) is 0.353. The van der Waals surface area contributed by atoms with Crippen molar-refractivity contribution in [3.05, 3.63) is 59.7 Å². The van der Waals surface area contributed by atoms with Gasteiger partial charge in [-0.05, 0) is 43.7 Å². The number of halogens is 1. The van der Waals surface area contributed by atoms with Crippen LogP contribution in [0, 0.1) is 5.82 Å². The van der Waals surface area contributed by atoms with Gasteiger partial charge in [0.1, 0.15) is 5.82 Å². The lowest BCUT2D eigenvalue weighted by Crippen LogP contribution is -2.26. The average Bonchev–Trinajstić information content (AvgIpc) is 2.87. The van der Waals surface area contributed by atoms with Crippen LogP contribution in [-0.2, 0) is 0 Å². The highest BCUT2D eigenvalue weighted by Gasteiger charge is 2.31. The van der Waals surface area contributed by atoms with Crippen molar-refractivity contribution >= 4 is 5.69 Å². The number of benzene rings is 1. The van der Waals surface area contributed by atoms with Gasteiger partial charge in [0.2, 0.25) is 0 Å². The second-order valence-corrected chi connectivity index (χ2v) is 5.56. The molecule has 0 bridgehead atoms. The molecule has 0 spiro atoms. The van der Waals surface area contributed by atoms with Gasteiger partial charge in [-0.2, -0.15) is 0 Å². The van der Waals surface area contributed by atoms with E-state index in [2.05, 4.69) is 41.1 Å². The minimum atomic E-state index is -0.297. The largest absolute Gasteiger partial charge is 0.362 e. The van der Waals surface area contributed by atoms with Gasteiger partial charge in [-0.1, -0.05) is 18.2 Å². The molecule has 0 aliphatic carbocycles. The highest BCUT2D eigenvalue weighted by Crippen LogP contribution is 2.41. The number of anilines is 1. The van der Waals surface area contributed by atoms with E-state index in [1.54, 1.807) is 6.07 Å². The Balaban J connectivity index is 1.90. The molecule has 3 nitrogen and oxygen atoms in total. The van der Waals surface area contributed by atoms with Gasteiger partial charge in [0.25, 0.3) is 0 Å². The lowest BCUT2D eigenvalue weighted by molar-refractivity contribution is 0.590. The Morgan fingerprint density at radius 2 is 2.14 bits per heavy atom. The summed E-state index contributed by atoms with van der Waals surface area (Å²) < 4.78 is 13.0. The third kappa shape index (κ3) is 2.63. The van der Waals surface area contributed by atoms with E-state index in [9.17, 15) is 4.39 Å². The van der Waals surface area contributed by atoms with Crippen molar-refractivity contribution < 1.29 is 4.39 Å². The van der Waals surface area contributed by atoms with Crippen LogP contribution in [-0.4, -0.2) is 18.1 Å². The van der Waals surface area contributed by atoms with E-state index in [0.717, 1.165) is 18.7 Å². The number of nitrogens with zero attached hydrogens (tertiary/aromatic N) is 2. The van der Waals surface area contributed by atoms with Gasteiger partial charge < -0.3 is 10.6 Å². The second kappa shape index (κ2) is 5.82. The van der Waals surface area contributed by atoms with Crippen LogP contribution < -0.4 is 10.6 Å². The van der Waals surface area contributed by atoms with Gasteiger partial charge in [-0.15, -0.1) is 0 Å². The summed E-state index contributed by atoms with van der Waals surface area (Å²) in [6, 6.07) is 11.8. The van der Waals surface area contributed by atoms with Crippen LogP contribution in [0.15, 0.2) is 42.6 Å². The van der Waals surface area contributed by atoms with E-state index >= 15 is 0 Å². The molecule has 2 atom stereocenters. The van der Waals surface area contributed by atoms with Crippen molar-refractivity contribution in [2.75, 3.05) is 18.0 Å². The predicted octanol–water partition coefficient (Wildman–Crippen LogP) is 3.23. The van der Waals surface area contributed by atoms with E-state index in [4.69, 9.17) is 5.73 Å². The number of pyridine rings is 1. The Morgan fingerprint density at radius 1 is 1.33 bits per heavy atom. The molecule has 2 unspecified atom stereocenters. The van der Waals surface area contributed by atoms with Crippen molar-refractivity contribution in [2.24, 2.45) is 5.73 Å². The lowest BCUT2D eigenvalue weighted by atomic mass is 9.98. The fourth-order valence-corrected chi connectivity index (χ4v) is 3.14. The zero-order chi connectivity index (χ0) is 14.8. The van der Waals surface area contributed by atoms with Gasteiger partial charge in [0, 0.05) is 18.2 Å². The molecule has 0 saturated carbocycles. The van der Waals surface area contributed by atoms with Crippen molar-refractivity contribution in [1.82, 2.24) is 4.98 Å². The van der Waals surface area contributed by atoms with Crippen LogP contribution in [0.2, 0.25) is 0 Å². The highest BCUT2D eigenvalue weighted by molar-refractivity contribution is 5.61. The lowest BCUT2D eigenvalue weighted by Gasteiger charge is -2.27. The quantitative estimate of drug-likeness (QED) is 0.937. The van der Waals surface area contributed by atoms with Gasteiger partial charge >= 0.3 is 0 Å². The normalized spacial score (nSPS) is 18.6. The third-order valence-corrected chi connectivity index (χ3v) is 4.26. The van der Waals surface area contributed by atoms with E-state index in [1.165, 1.54) is 23.5 Å². The summed E-state index contributed by atoms with van der Waals surface area (Å²) in [7, 11) is 0. The molecule has 2 N–H and O–H groups in total. The summed E-state index contributed by atoms with van der Waals surface area (Å²) >= 11 is 0. The SMILES string of the molecule is CC(c1ccc(F)cn1)N1CC(CCN)c2ccccc21. The van der Waals surface area contributed by atoms with Gasteiger partial charge in [-0.3, -0.25) is 4.98 Å². The van der Waals surface area contributed by atoms with Crippen molar-refractivity contribution in [2.45, 2.75) is 25.3 Å². The first-order valence-corrected chi connectivity index (χ1v) is 7.37. The first-order valence-electron chi connectivity index (χ1n) is 7.37. The Hall–Kier alpha value is -1.94. The number of hydrogen-bond acceptors (Lipinski definition) is 3. The molecule has 4 heteroatoms. The molecule has 0 fully saturated rings. The molecule has 3 rings (SSSR count). The Kier molecular flexibility index (Phi) is 3.88. The number of aromatic nitrogens is 1. The molecular formula is C17H20FN3. The highest BCUT2D eigenvalue weighted by atomic mass is 19.1. The molecule has 1 aromatic carbocycles. The maximum atomic E-state index is 13.0. The number of nitrogens with two attached hydrogens (primary N) is 1. The molecule has 21 heavy (non-hydrogen) atoms. The van der Waals surface area contributed by atoms with Crippen molar-refractivity contribution in [3.8, 4) is 0 Å². The minimum Gasteiger partial charge on any atom is -0.362 e. The Labute approximate surface area is 124 Å². The number of rotatable bonds is 4. The Morgan fingerprint density at radius 3 is 2.86 bits per heavy atom. The van der Waals surface area contributed by atoms with E-state index in [-0.39, 0.29) is 11.9 Å². The van der Waals surface area contributed by atoms with Gasteiger partial charge in [-0.25, -0.2) is 4.39 Å². The Bertz CT molecular complexity index is 612. The summed E-state index contributed by atoms with van der Waals surface area (Å²) in [5.74, 6) is 0.169. The predicted molar refractivity (Wildman–Crippen MR) is 82.8 cm³/mol. The molecule has 1 aliphatic heterocycles. The first-order chi connectivity index (χ1) is 10.2. The molecule has 0 radical (unpaired) electrons. The van der Waals surface area contributed by atoms with Gasteiger partial charge in [0.05, 0.1) is 17.9 Å². The monoisotopic (exact) mass is 285 g/mol. The summed E-state index contributed by atoms with van der Waals surface area (Å²) in [5.41, 5.74) is 9.23. The van der Waals surface area contributed by atoms with E-state index < -0.39 is 0 Å². The van der Waals surface area contributed by atoms with Crippen LogP contribution in [0.1, 0.15) is 36.6 Å². The number of para-hydroxylation sites is 1. The van der Waals surface area contributed by atoms with E-state index in [0.29, 0.717) is 12.5 Å². The third-order valence-electron chi connectivity index (χ3n) is 4.26. The zero-order valence-electron chi connectivity index (χ0n) is 12.2. The van der Waals surface area contributed by atoms with Crippen LogP contribution in [0.4, 0.5) is 10.1 Å². The van der Waals surface area contributed by atoms with Crippen LogP contribution in [0.3, 0.4) is 0 Å². The van der Waals surface area contributed by atoms with Crippen molar-refractivity contribution in [3.63, 3.8) is 0 Å². The van der Waals surface area contributed by atoms with Crippen LogP contribution in [0.5, 0.6) is 0 Å². The summed E-state index contributed by atoms with van der Waals surface area (Å²) in [6.07, 6.45) is 2.27. The smallest absolute Gasteiger partial charge is 0.141 e. The van der Waals surface area contributed by atoms with Crippen molar-refractivity contribution in [1.29, 1.82) is 0 Å². The van der Waals surface area contributed by atoms with E-state index in [1.807, 2.05) is 0 Å². The molecule has 2 heterocycles. The number of hydrogen-bond donors (Lipinski definition) is 1. The topological polar surface area (TPSA) is 42.2 Å². The van der Waals surface area contributed by atoms with Gasteiger partial charge in [0.15, 0.2) is 0 Å². The molecule has 2 aromatic rings. The zero-order valence-corrected chi connectivity index (χ0v) is 12.2. The van der Waals surface area contributed by atoms with Crippen LogP contribution in [0.25, 0.3) is 0 Å². The molecule has 1 aromatic heterocycles. The number of fused-ring (bicyclic) bond motifs is 1. The molecular weight excluding hydrogens is 265 g/mol. The molecule has 0 amide bonds. The minimum absolute atomic E-state index is 0.120. The fourth-order valence-electron chi connectivity index (χ4n) is 3.14. The summed E-state index contributed by atoms with van der Waals surface area (Å²) in [6.45, 7) is 3.74. The molecule has 1 aliphatic rings. The van der Waals surface area contributed by atoms with Crippen LogP contribution >= 0.6 is 0 Å². The summed E-state index contributed by atoms with van der Waals surface area (Å²) in [5, 5.41) is 0. The maximum Gasteiger partial charge on any atom is 0.141 e.